The predicted octanol–water partition coefficient (Wildman–Crippen LogP) is 4.94. The molecule has 1 aromatic heterocycles. The number of aromatic nitrogens is 3. The van der Waals surface area contributed by atoms with Gasteiger partial charge >= 0.3 is 0 Å². The molecule has 0 fully saturated rings. The molecule has 0 saturated heterocycles. The molecule has 3 aromatic rings. The summed E-state index contributed by atoms with van der Waals surface area (Å²) in [6.07, 6.45) is 1.33. The van der Waals surface area contributed by atoms with Crippen LogP contribution >= 0.6 is 23.2 Å². The first-order chi connectivity index (χ1) is 11.5. The summed E-state index contributed by atoms with van der Waals surface area (Å²) >= 11 is 12.1. The topological polar surface area (TPSA) is 62.7 Å². The van der Waals surface area contributed by atoms with Crippen LogP contribution in [-0.4, -0.2) is 15.2 Å². The Labute approximate surface area is 145 Å². The third-order valence-electron chi connectivity index (χ3n) is 2.95. The van der Waals surface area contributed by atoms with Crippen molar-refractivity contribution in [3.8, 4) is 0 Å². The van der Waals surface area contributed by atoms with Crippen LogP contribution in [0.2, 0.25) is 10.0 Å². The number of hydrogen-bond donors (Lipinski definition) is 2. The molecule has 0 bridgehead atoms. The molecular weight excluding hydrogens is 359 g/mol. The molecule has 0 saturated carbocycles. The molecule has 24 heavy (non-hydrogen) atoms. The van der Waals surface area contributed by atoms with Gasteiger partial charge in [-0.05, 0) is 24.3 Å². The first kappa shape index (κ1) is 16.4. The molecule has 122 valence electrons. The van der Waals surface area contributed by atoms with Crippen LogP contribution < -0.4 is 10.6 Å². The van der Waals surface area contributed by atoms with Gasteiger partial charge in [0.05, 0.1) is 21.9 Å². The fourth-order valence-electron chi connectivity index (χ4n) is 1.87. The Balaban J connectivity index is 1.82. The highest BCUT2D eigenvalue weighted by atomic mass is 35.5. The maximum atomic E-state index is 13.2. The van der Waals surface area contributed by atoms with Crippen LogP contribution in [0.1, 0.15) is 0 Å². The van der Waals surface area contributed by atoms with E-state index in [4.69, 9.17) is 23.2 Å². The summed E-state index contributed by atoms with van der Waals surface area (Å²) < 4.78 is 26.2. The number of nitrogens with zero attached hydrogens (tertiary/aromatic N) is 3. The molecular formula is C15H9Cl2F2N5. The Morgan fingerprint density at radius 2 is 1.67 bits per heavy atom. The maximum absolute atomic E-state index is 13.2. The van der Waals surface area contributed by atoms with Gasteiger partial charge in [0.1, 0.15) is 0 Å². The molecule has 0 amide bonds. The van der Waals surface area contributed by atoms with Crippen LogP contribution in [-0.2, 0) is 0 Å². The lowest BCUT2D eigenvalue weighted by molar-refractivity contribution is 0.509. The van der Waals surface area contributed by atoms with Gasteiger partial charge in [-0.15, -0.1) is 5.10 Å². The number of nitrogens with one attached hydrogen (secondary N) is 2. The van der Waals surface area contributed by atoms with Crippen molar-refractivity contribution < 1.29 is 8.78 Å². The fraction of sp³-hybridized carbons (Fsp3) is 0. The van der Waals surface area contributed by atoms with Crippen molar-refractivity contribution in [1.29, 1.82) is 0 Å². The molecule has 5 nitrogen and oxygen atoms in total. The average molecular weight is 368 g/mol. The third-order valence-corrected chi connectivity index (χ3v) is 3.58. The Morgan fingerprint density at radius 1 is 0.917 bits per heavy atom. The molecule has 0 aliphatic heterocycles. The van der Waals surface area contributed by atoms with E-state index in [0.717, 1.165) is 12.1 Å². The summed E-state index contributed by atoms with van der Waals surface area (Å²) in [4.78, 5) is 4.17. The SMILES string of the molecule is Fc1ccc(Nc2cnnc(Nc3c(Cl)cccc3Cl)n2)cc1F. The Bertz CT molecular complexity index is 871. The Hall–Kier alpha value is -2.51. The van der Waals surface area contributed by atoms with E-state index in [1.54, 1.807) is 18.2 Å². The van der Waals surface area contributed by atoms with Gasteiger partial charge in [0.25, 0.3) is 0 Å². The average Bonchev–Trinajstić information content (AvgIpc) is 2.55. The smallest absolute Gasteiger partial charge is 0.249 e. The summed E-state index contributed by atoms with van der Waals surface area (Å²) in [6.45, 7) is 0. The highest BCUT2D eigenvalue weighted by molar-refractivity contribution is 6.39. The second-order valence-electron chi connectivity index (χ2n) is 4.64. The molecule has 2 N–H and O–H groups in total. The number of rotatable bonds is 4. The van der Waals surface area contributed by atoms with Gasteiger partial charge in [-0.1, -0.05) is 29.3 Å². The normalized spacial score (nSPS) is 10.5. The van der Waals surface area contributed by atoms with Crippen molar-refractivity contribution >= 4 is 46.3 Å². The minimum atomic E-state index is -0.969. The van der Waals surface area contributed by atoms with Crippen LogP contribution in [0.25, 0.3) is 0 Å². The Morgan fingerprint density at radius 3 is 2.38 bits per heavy atom. The summed E-state index contributed by atoms with van der Waals surface area (Å²) in [7, 11) is 0. The van der Waals surface area contributed by atoms with Gasteiger partial charge in [0.2, 0.25) is 5.95 Å². The number of para-hydroxylation sites is 1. The molecule has 1 heterocycles. The zero-order valence-electron chi connectivity index (χ0n) is 11.9. The largest absolute Gasteiger partial charge is 0.339 e. The van der Waals surface area contributed by atoms with Crippen LogP contribution in [0.3, 0.4) is 0 Å². The van der Waals surface area contributed by atoms with Crippen LogP contribution in [0, 0.1) is 11.6 Å². The summed E-state index contributed by atoms with van der Waals surface area (Å²) in [6, 6.07) is 8.41. The van der Waals surface area contributed by atoms with Gasteiger partial charge in [0, 0.05) is 11.8 Å². The zero-order valence-corrected chi connectivity index (χ0v) is 13.4. The van der Waals surface area contributed by atoms with E-state index < -0.39 is 11.6 Å². The van der Waals surface area contributed by atoms with Gasteiger partial charge in [-0.2, -0.15) is 10.1 Å². The summed E-state index contributed by atoms with van der Waals surface area (Å²) in [5.74, 6) is -1.49. The van der Waals surface area contributed by atoms with E-state index in [9.17, 15) is 8.78 Å². The lowest BCUT2D eigenvalue weighted by atomic mass is 10.3. The van der Waals surface area contributed by atoms with Crippen LogP contribution in [0.15, 0.2) is 42.6 Å². The number of halogens is 4. The molecule has 0 atom stereocenters. The van der Waals surface area contributed by atoms with Crippen molar-refractivity contribution in [2.45, 2.75) is 0 Å². The quantitative estimate of drug-likeness (QED) is 0.683. The maximum Gasteiger partial charge on any atom is 0.249 e. The number of benzene rings is 2. The van der Waals surface area contributed by atoms with E-state index in [1.807, 2.05) is 0 Å². The first-order valence-electron chi connectivity index (χ1n) is 6.66. The second kappa shape index (κ2) is 6.94. The van der Waals surface area contributed by atoms with E-state index in [1.165, 1.54) is 12.3 Å². The van der Waals surface area contributed by atoms with Crippen molar-refractivity contribution in [3.63, 3.8) is 0 Å². The van der Waals surface area contributed by atoms with Crippen molar-refractivity contribution in [2.24, 2.45) is 0 Å². The second-order valence-corrected chi connectivity index (χ2v) is 5.46. The molecule has 2 aromatic carbocycles. The van der Waals surface area contributed by atoms with Gasteiger partial charge in [-0.3, -0.25) is 0 Å². The molecule has 3 rings (SSSR count). The van der Waals surface area contributed by atoms with E-state index in [2.05, 4.69) is 25.8 Å². The number of hydrogen-bond acceptors (Lipinski definition) is 5. The van der Waals surface area contributed by atoms with E-state index in [-0.39, 0.29) is 11.8 Å². The Kier molecular flexibility index (Phi) is 4.73. The standard InChI is InChI=1S/C15H9Cl2F2N5/c16-9-2-1-3-10(17)14(9)23-15-22-13(7-20-24-15)21-8-4-5-11(18)12(19)6-8/h1-7H,(H2,21,22,23,24). The van der Waals surface area contributed by atoms with Crippen LogP contribution in [0.5, 0.6) is 0 Å². The van der Waals surface area contributed by atoms with E-state index >= 15 is 0 Å². The summed E-state index contributed by atoms with van der Waals surface area (Å²) in [5.41, 5.74) is 0.753. The third kappa shape index (κ3) is 3.69. The van der Waals surface area contributed by atoms with Crippen molar-refractivity contribution in [2.75, 3.05) is 10.6 Å². The van der Waals surface area contributed by atoms with Crippen LogP contribution in [0.4, 0.5) is 31.9 Å². The molecule has 0 unspecified atom stereocenters. The minimum absolute atomic E-state index is 0.137. The monoisotopic (exact) mass is 367 g/mol. The lowest BCUT2D eigenvalue weighted by Crippen LogP contribution is -2.03. The molecule has 0 spiro atoms. The summed E-state index contributed by atoms with van der Waals surface area (Å²) in [5, 5.41) is 14.1. The molecule has 0 aliphatic carbocycles. The molecule has 0 radical (unpaired) electrons. The number of anilines is 4. The fourth-order valence-corrected chi connectivity index (χ4v) is 2.36. The zero-order chi connectivity index (χ0) is 17.1. The lowest BCUT2D eigenvalue weighted by Gasteiger charge is -2.10. The van der Waals surface area contributed by atoms with Gasteiger partial charge in [-0.25, -0.2) is 8.78 Å². The highest BCUT2D eigenvalue weighted by Gasteiger charge is 2.09. The highest BCUT2D eigenvalue weighted by Crippen LogP contribution is 2.31. The van der Waals surface area contributed by atoms with E-state index in [0.29, 0.717) is 21.4 Å². The minimum Gasteiger partial charge on any atom is -0.339 e. The van der Waals surface area contributed by atoms with Gasteiger partial charge < -0.3 is 10.6 Å². The van der Waals surface area contributed by atoms with Crippen molar-refractivity contribution in [1.82, 2.24) is 15.2 Å². The first-order valence-corrected chi connectivity index (χ1v) is 7.41. The van der Waals surface area contributed by atoms with Gasteiger partial charge in [0.15, 0.2) is 17.5 Å². The predicted molar refractivity (Wildman–Crippen MR) is 89.2 cm³/mol. The van der Waals surface area contributed by atoms with Crippen molar-refractivity contribution in [3.05, 3.63) is 64.3 Å². The molecule has 9 heteroatoms. The molecule has 0 aliphatic rings.